The maximum Gasteiger partial charge on any atom is 0.338 e. The van der Waals surface area contributed by atoms with Crippen molar-refractivity contribution in [1.29, 1.82) is 0 Å². The largest absolute Gasteiger partial charge is 0.478 e. The Morgan fingerprint density at radius 2 is 1.29 bits per heavy atom. The van der Waals surface area contributed by atoms with Crippen LogP contribution in [0.1, 0.15) is 72.5 Å². The van der Waals surface area contributed by atoms with Crippen molar-refractivity contribution in [3.05, 3.63) is 94.1 Å². The fourth-order valence-corrected chi connectivity index (χ4v) is 4.26. The Balaban J connectivity index is 1.75. The summed E-state index contributed by atoms with van der Waals surface area (Å²) < 4.78 is 56.3. The molecule has 0 saturated heterocycles. The Kier molecular flexibility index (Phi) is 9.47. The van der Waals surface area contributed by atoms with Crippen molar-refractivity contribution in [2.75, 3.05) is 0 Å². The van der Waals surface area contributed by atoms with Crippen LogP contribution in [0.25, 0.3) is 11.1 Å². The summed E-state index contributed by atoms with van der Waals surface area (Å²) in [4.78, 5) is 11.4. The molecule has 186 valence electrons. The number of hydrogen-bond acceptors (Lipinski definition) is 1. The van der Waals surface area contributed by atoms with Crippen molar-refractivity contribution < 1.29 is 27.5 Å². The normalized spacial score (nSPS) is 11.1. The predicted molar refractivity (Wildman–Crippen MR) is 130 cm³/mol. The van der Waals surface area contributed by atoms with Gasteiger partial charge in [0.1, 0.15) is 5.82 Å². The molecule has 0 aliphatic rings. The summed E-state index contributed by atoms with van der Waals surface area (Å²) in [7, 11) is 0. The first kappa shape index (κ1) is 26.5. The van der Waals surface area contributed by atoms with Gasteiger partial charge in [-0.2, -0.15) is 0 Å². The molecule has 35 heavy (non-hydrogen) atoms. The standard InChI is InChI=1S/C29H30F4O2/c1-2-3-4-5-6-7-8-19-9-11-20(12-10-19)13-14-21-15-16-23(29(34)35)27(32)26(21)22-17-24(30)28(33)25(31)18-22/h9-12,15-18H,2-8,13-14H2,1H3,(H,34,35). The SMILES string of the molecule is CCCCCCCCc1ccc(CCc2ccc(C(=O)O)c(F)c2-c2cc(F)c(F)c(F)c2)cc1. The maximum atomic E-state index is 15.1. The molecule has 3 rings (SSSR count). The van der Waals surface area contributed by atoms with Gasteiger partial charge in [0.05, 0.1) is 5.56 Å². The van der Waals surface area contributed by atoms with Crippen LogP contribution in [0.5, 0.6) is 0 Å². The first-order valence-corrected chi connectivity index (χ1v) is 12.1. The van der Waals surface area contributed by atoms with E-state index in [1.807, 2.05) is 12.1 Å². The molecule has 0 radical (unpaired) electrons. The van der Waals surface area contributed by atoms with E-state index in [4.69, 9.17) is 0 Å². The summed E-state index contributed by atoms with van der Waals surface area (Å²) in [6, 6.07) is 12.1. The van der Waals surface area contributed by atoms with Gasteiger partial charge >= 0.3 is 5.97 Å². The summed E-state index contributed by atoms with van der Waals surface area (Å²) in [6.07, 6.45) is 9.25. The molecule has 0 aliphatic heterocycles. The maximum absolute atomic E-state index is 15.1. The van der Waals surface area contributed by atoms with Gasteiger partial charge in [0.25, 0.3) is 0 Å². The van der Waals surface area contributed by atoms with E-state index in [9.17, 15) is 23.1 Å². The number of carbonyl (C=O) groups is 1. The minimum absolute atomic E-state index is 0.234. The minimum Gasteiger partial charge on any atom is -0.478 e. The van der Waals surface area contributed by atoms with Crippen LogP contribution in [-0.4, -0.2) is 11.1 Å². The topological polar surface area (TPSA) is 37.3 Å². The molecule has 1 N–H and O–H groups in total. The third-order valence-corrected chi connectivity index (χ3v) is 6.26. The van der Waals surface area contributed by atoms with E-state index in [-0.39, 0.29) is 11.1 Å². The summed E-state index contributed by atoms with van der Waals surface area (Å²) in [5.74, 6) is -7.20. The summed E-state index contributed by atoms with van der Waals surface area (Å²) in [5.41, 5.74) is 1.54. The smallest absolute Gasteiger partial charge is 0.338 e. The third kappa shape index (κ3) is 6.93. The van der Waals surface area contributed by atoms with Gasteiger partial charge < -0.3 is 5.11 Å². The molecule has 6 heteroatoms. The number of aryl methyl sites for hydroxylation is 3. The highest BCUT2D eigenvalue weighted by Crippen LogP contribution is 2.32. The van der Waals surface area contributed by atoms with Crippen LogP contribution in [-0.2, 0) is 19.3 Å². The van der Waals surface area contributed by atoms with E-state index < -0.39 is 34.8 Å². The first-order chi connectivity index (χ1) is 16.8. The zero-order chi connectivity index (χ0) is 25.4. The molecule has 0 amide bonds. The van der Waals surface area contributed by atoms with Gasteiger partial charge in [-0.05, 0) is 66.1 Å². The zero-order valence-corrected chi connectivity index (χ0v) is 19.9. The van der Waals surface area contributed by atoms with Gasteiger partial charge in [-0.3, -0.25) is 0 Å². The number of hydrogen-bond donors (Lipinski definition) is 1. The molecule has 0 saturated carbocycles. The van der Waals surface area contributed by atoms with Crippen LogP contribution in [0.4, 0.5) is 17.6 Å². The lowest BCUT2D eigenvalue weighted by Gasteiger charge is -2.14. The highest BCUT2D eigenvalue weighted by molar-refractivity contribution is 5.90. The molecule has 3 aromatic rings. The molecule has 0 aromatic heterocycles. The first-order valence-electron chi connectivity index (χ1n) is 12.1. The number of carboxylic acids is 1. The molecule has 0 unspecified atom stereocenters. The fourth-order valence-electron chi connectivity index (χ4n) is 4.26. The van der Waals surface area contributed by atoms with Crippen molar-refractivity contribution >= 4 is 5.97 Å². The fraction of sp³-hybridized carbons (Fsp3) is 0.345. The Morgan fingerprint density at radius 3 is 1.89 bits per heavy atom. The Bertz CT molecular complexity index is 1130. The monoisotopic (exact) mass is 486 g/mol. The van der Waals surface area contributed by atoms with Crippen LogP contribution < -0.4 is 0 Å². The van der Waals surface area contributed by atoms with Crippen LogP contribution >= 0.6 is 0 Å². The predicted octanol–water partition coefficient (Wildman–Crippen LogP) is 8.30. The van der Waals surface area contributed by atoms with Gasteiger partial charge in [0.2, 0.25) is 0 Å². The van der Waals surface area contributed by atoms with Crippen molar-refractivity contribution in [3.63, 3.8) is 0 Å². The summed E-state index contributed by atoms with van der Waals surface area (Å²) >= 11 is 0. The third-order valence-electron chi connectivity index (χ3n) is 6.26. The van der Waals surface area contributed by atoms with Gasteiger partial charge in [0, 0.05) is 5.56 Å². The second-order valence-corrected chi connectivity index (χ2v) is 8.85. The Hall–Kier alpha value is -3.15. The molecule has 0 spiro atoms. The van der Waals surface area contributed by atoms with E-state index in [0.29, 0.717) is 30.5 Å². The number of aromatic carboxylic acids is 1. The van der Waals surface area contributed by atoms with Gasteiger partial charge in [-0.1, -0.05) is 69.4 Å². The Labute approximate surface area is 203 Å². The molecule has 2 nitrogen and oxygen atoms in total. The van der Waals surface area contributed by atoms with Gasteiger partial charge in [-0.25, -0.2) is 22.4 Å². The van der Waals surface area contributed by atoms with Crippen molar-refractivity contribution in [2.45, 2.75) is 64.7 Å². The van der Waals surface area contributed by atoms with E-state index in [1.54, 1.807) is 0 Å². The van der Waals surface area contributed by atoms with Crippen LogP contribution in [0.3, 0.4) is 0 Å². The molecule has 0 aliphatic carbocycles. The van der Waals surface area contributed by atoms with Crippen LogP contribution in [0.15, 0.2) is 48.5 Å². The van der Waals surface area contributed by atoms with Crippen molar-refractivity contribution in [3.8, 4) is 11.1 Å². The van der Waals surface area contributed by atoms with Crippen LogP contribution in [0.2, 0.25) is 0 Å². The van der Waals surface area contributed by atoms with E-state index in [2.05, 4.69) is 19.1 Å². The molecule has 0 bridgehead atoms. The minimum atomic E-state index is -1.66. The second kappa shape index (κ2) is 12.5. The number of halogens is 4. The van der Waals surface area contributed by atoms with Crippen LogP contribution in [0, 0.1) is 23.3 Å². The molecular formula is C29H30F4O2. The van der Waals surface area contributed by atoms with Gasteiger partial charge in [0.15, 0.2) is 17.5 Å². The average Bonchev–Trinajstić information content (AvgIpc) is 2.83. The quantitative estimate of drug-likeness (QED) is 0.159. The molecular weight excluding hydrogens is 456 g/mol. The molecule has 0 heterocycles. The lowest BCUT2D eigenvalue weighted by molar-refractivity contribution is 0.0692. The second-order valence-electron chi connectivity index (χ2n) is 8.85. The molecule has 3 aromatic carbocycles. The number of benzene rings is 3. The van der Waals surface area contributed by atoms with Crippen molar-refractivity contribution in [1.82, 2.24) is 0 Å². The number of rotatable bonds is 12. The highest BCUT2D eigenvalue weighted by Gasteiger charge is 2.21. The number of carboxylic acid groups (broad SMARTS) is 1. The van der Waals surface area contributed by atoms with E-state index in [0.717, 1.165) is 24.5 Å². The van der Waals surface area contributed by atoms with E-state index in [1.165, 1.54) is 43.7 Å². The number of unbranched alkanes of at least 4 members (excludes halogenated alkanes) is 5. The summed E-state index contributed by atoms with van der Waals surface area (Å²) in [6.45, 7) is 2.20. The van der Waals surface area contributed by atoms with Gasteiger partial charge in [-0.15, -0.1) is 0 Å². The zero-order valence-electron chi connectivity index (χ0n) is 19.9. The average molecular weight is 487 g/mol. The highest BCUT2D eigenvalue weighted by atomic mass is 19.2. The lowest BCUT2D eigenvalue weighted by Crippen LogP contribution is -2.06. The molecule has 0 fully saturated rings. The van der Waals surface area contributed by atoms with Crippen molar-refractivity contribution in [2.24, 2.45) is 0 Å². The lowest BCUT2D eigenvalue weighted by atomic mass is 9.92. The molecule has 0 atom stereocenters. The Morgan fingerprint density at radius 1 is 0.714 bits per heavy atom. The summed E-state index contributed by atoms with van der Waals surface area (Å²) in [5, 5.41) is 9.28. The van der Waals surface area contributed by atoms with E-state index >= 15 is 4.39 Å².